The van der Waals surface area contributed by atoms with E-state index in [1.165, 1.54) is 0 Å². The van der Waals surface area contributed by atoms with Gasteiger partial charge in [-0.1, -0.05) is 0 Å². The maximum absolute atomic E-state index is 10.1. The Bertz CT molecular complexity index is 273. The van der Waals surface area contributed by atoms with Crippen LogP contribution in [0, 0.1) is 0 Å². The molecule has 0 spiro atoms. The standard InChI is InChI=1S/C12H22O6/c1-11(2)15-5-7(17-11)9(13)10(14)8-6-16-12(3,4)18-8/h7-10,13-14H,5-6H2,1-4H3/t7-,8-,9+,10+/m0/s1. The van der Waals surface area contributed by atoms with Crippen molar-refractivity contribution in [3.8, 4) is 0 Å². The number of ether oxygens (including phenoxy) is 4. The van der Waals surface area contributed by atoms with Crippen molar-refractivity contribution in [1.82, 2.24) is 0 Å². The second kappa shape index (κ2) is 4.70. The van der Waals surface area contributed by atoms with E-state index in [0.717, 1.165) is 0 Å². The number of aliphatic hydroxyl groups is 2. The fourth-order valence-corrected chi connectivity index (χ4v) is 2.21. The molecule has 0 bridgehead atoms. The van der Waals surface area contributed by atoms with Gasteiger partial charge in [-0.05, 0) is 27.7 Å². The third-order valence-corrected chi connectivity index (χ3v) is 3.17. The van der Waals surface area contributed by atoms with Crippen LogP contribution in [-0.4, -0.2) is 59.4 Å². The van der Waals surface area contributed by atoms with Gasteiger partial charge < -0.3 is 29.2 Å². The molecule has 2 fully saturated rings. The average Bonchev–Trinajstić information content (AvgIpc) is 2.79. The lowest BCUT2D eigenvalue weighted by Crippen LogP contribution is -2.47. The molecule has 2 aliphatic heterocycles. The molecule has 0 unspecified atom stereocenters. The van der Waals surface area contributed by atoms with Crippen LogP contribution in [0.15, 0.2) is 0 Å². The van der Waals surface area contributed by atoms with E-state index in [-0.39, 0.29) is 13.2 Å². The molecule has 4 atom stereocenters. The first-order chi connectivity index (χ1) is 8.20. The lowest BCUT2D eigenvalue weighted by atomic mass is 10.0. The Labute approximate surface area is 107 Å². The van der Waals surface area contributed by atoms with Gasteiger partial charge in [0.15, 0.2) is 11.6 Å². The van der Waals surface area contributed by atoms with Crippen LogP contribution in [0.2, 0.25) is 0 Å². The molecule has 0 aromatic heterocycles. The molecule has 0 aromatic rings. The quantitative estimate of drug-likeness (QED) is 0.746. The zero-order chi connectivity index (χ0) is 13.6. The largest absolute Gasteiger partial charge is 0.387 e. The fourth-order valence-electron chi connectivity index (χ4n) is 2.21. The predicted octanol–water partition coefficient (Wildman–Crippen LogP) is 0.0112. The van der Waals surface area contributed by atoms with Crippen LogP contribution in [-0.2, 0) is 18.9 Å². The average molecular weight is 262 g/mol. The first-order valence-corrected chi connectivity index (χ1v) is 6.20. The Morgan fingerprint density at radius 1 is 0.833 bits per heavy atom. The number of aliphatic hydroxyl groups excluding tert-OH is 2. The zero-order valence-corrected chi connectivity index (χ0v) is 11.3. The summed E-state index contributed by atoms with van der Waals surface area (Å²) in [5.41, 5.74) is 0. The predicted molar refractivity (Wildman–Crippen MR) is 61.8 cm³/mol. The topological polar surface area (TPSA) is 77.4 Å². The lowest BCUT2D eigenvalue weighted by molar-refractivity contribution is -0.183. The molecule has 0 aromatic carbocycles. The van der Waals surface area contributed by atoms with Crippen molar-refractivity contribution in [2.24, 2.45) is 0 Å². The summed E-state index contributed by atoms with van der Waals surface area (Å²) in [5, 5.41) is 20.2. The minimum absolute atomic E-state index is 0.252. The Morgan fingerprint density at radius 2 is 1.17 bits per heavy atom. The van der Waals surface area contributed by atoms with Crippen molar-refractivity contribution in [1.29, 1.82) is 0 Å². The molecule has 2 aliphatic rings. The normalized spacial score (nSPS) is 37.7. The summed E-state index contributed by atoms with van der Waals surface area (Å²) in [4.78, 5) is 0. The summed E-state index contributed by atoms with van der Waals surface area (Å²) in [7, 11) is 0. The molecule has 2 N–H and O–H groups in total. The van der Waals surface area contributed by atoms with Gasteiger partial charge >= 0.3 is 0 Å². The third kappa shape index (κ3) is 3.01. The van der Waals surface area contributed by atoms with E-state index in [0.29, 0.717) is 0 Å². The van der Waals surface area contributed by atoms with Crippen molar-refractivity contribution < 1.29 is 29.2 Å². The summed E-state index contributed by atoms with van der Waals surface area (Å²) < 4.78 is 21.8. The summed E-state index contributed by atoms with van der Waals surface area (Å²) in [6.07, 6.45) is -3.23. The smallest absolute Gasteiger partial charge is 0.163 e. The van der Waals surface area contributed by atoms with Crippen LogP contribution in [0.3, 0.4) is 0 Å². The van der Waals surface area contributed by atoms with Crippen LogP contribution in [0.1, 0.15) is 27.7 Å². The first kappa shape index (κ1) is 14.2. The van der Waals surface area contributed by atoms with E-state index in [9.17, 15) is 10.2 Å². The van der Waals surface area contributed by atoms with Gasteiger partial charge in [-0.3, -0.25) is 0 Å². The molecule has 2 rings (SSSR count). The Balaban J connectivity index is 1.92. The highest BCUT2D eigenvalue weighted by Crippen LogP contribution is 2.29. The fraction of sp³-hybridized carbons (Fsp3) is 1.00. The monoisotopic (exact) mass is 262 g/mol. The summed E-state index contributed by atoms with van der Waals surface area (Å²) >= 11 is 0. The highest BCUT2D eigenvalue weighted by atomic mass is 16.8. The number of rotatable bonds is 3. The molecule has 6 heteroatoms. The van der Waals surface area contributed by atoms with Gasteiger partial charge in [0.25, 0.3) is 0 Å². The van der Waals surface area contributed by atoms with E-state index in [1.807, 2.05) is 0 Å². The number of hydrogen-bond acceptors (Lipinski definition) is 6. The summed E-state index contributed by atoms with van der Waals surface area (Å²) in [6.45, 7) is 7.58. The second-order valence-electron chi connectivity index (χ2n) is 5.72. The van der Waals surface area contributed by atoms with E-state index in [2.05, 4.69) is 0 Å². The number of hydrogen-bond donors (Lipinski definition) is 2. The van der Waals surface area contributed by atoms with Gasteiger partial charge in [-0.2, -0.15) is 0 Å². The van der Waals surface area contributed by atoms with E-state index < -0.39 is 36.0 Å². The van der Waals surface area contributed by atoms with Crippen LogP contribution in [0.25, 0.3) is 0 Å². The van der Waals surface area contributed by atoms with Crippen molar-refractivity contribution in [2.75, 3.05) is 13.2 Å². The van der Waals surface area contributed by atoms with Crippen LogP contribution < -0.4 is 0 Å². The van der Waals surface area contributed by atoms with Crippen molar-refractivity contribution in [2.45, 2.75) is 63.7 Å². The van der Waals surface area contributed by atoms with Crippen LogP contribution in [0.5, 0.6) is 0 Å². The van der Waals surface area contributed by atoms with E-state index in [1.54, 1.807) is 27.7 Å². The highest BCUT2D eigenvalue weighted by molar-refractivity contribution is 4.88. The zero-order valence-electron chi connectivity index (χ0n) is 11.3. The maximum atomic E-state index is 10.1. The molecule has 106 valence electrons. The second-order valence-corrected chi connectivity index (χ2v) is 5.72. The Kier molecular flexibility index (Phi) is 3.70. The van der Waals surface area contributed by atoms with E-state index in [4.69, 9.17) is 18.9 Å². The van der Waals surface area contributed by atoms with Crippen molar-refractivity contribution in [3.05, 3.63) is 0 Å². The minimum atomic E-state index is -1.06. The molecule has 0 radical (unpaired) electrons. The van der Waals surface area contributed by atoms with Crippen molar-refractivity contribution in [3.63, 3.8) is 0 Å². The molecule has 2 heterocycles. The lowest BCUT2D eigenvalue weighted by Gasteiger charge is -2.27. The molecule has 0 amide bonds. The van der Waals surface area contributed by atoms with Gasteiger partial charge in [0.1, 0.15) is 24.4 Å². The maximum Gasteiger partial charge on any atom is 0.163 e. The SMILES string of the molecule is CC1(C)OC[C@@H]([C@@H](O)[C@H](O)[C@@H]2COC(C)(C)O2)O1. The van der Waals surface area contributed by atoms with Gasteiger partial charge in [0.05, 0.1) is 13.2 Å². The highest BCUT2D eigenvalue weighted by Gasteiger charge is 2.45. The molecular weight excluding hydrogens is 240 g/mol. The van der Waals surface area contributed by atoms with E-state index >= 15 is 0 Å². The first-order valence-electron chi connectivity index (χ1n) is 6.20. The molecular formula is C12H22O6. The Morgan fingerprint density at radius 3 is 1.39 bits per heavy atom. The van der Waals surface area contributed by atoms with Crippen molar-refractivity contribution >= 4 is 0 Å². The Hall–Kier alpha value is -0.240. The van der Waals surface area contributed by atoms with Gasteiger partial charge in [-0.15, -0.1) is 0 Å². The van der Waals surface area contributed by atoms with Crippen LogP contribution in [0.4, 0.5) is 0 Å². The third-order valence-electron chi connectivity index (χ3n) is 3.17. The summed E-state index contributed by atoms with van der Waals surface area (Å²) in [6, 6.07) is 0. The molecule has 0 saturated carbocycles. The van der Waals surface area contributed by atoms with Gasteiger partial charge in [-0.25, -0.2) is 0 Å². The van der Waals surface area contributed by atoms with Crippen LogP contribution >= 0.6 is 0 Å². The molecule has 6 nitrogen and oxygen atoms in total. The minimum Gasteiger partial charge on any atom is -0.387 e. The van der Waals surface area contributed by atoms with Gasteiger partial charge in [0, 0.05) is 0 Å². The molecule has 0 aliphatic carbocycles. The molecule has 2 saturated heterocycles. The summed E-state index contributed by atoms with van der Waals surface area (Å²) in [5.74, 6) is -1.45. The van der Waals surface area contributed by atoms with Gasteiger partial charge in [0.2, 0.25) is 0 Å². The molecule has 18 heavy (non-hydrogen) atoms.